The van der Waals surface area contributed by atoms with E-state index in [0.717, 1.165) is 16.7 Å². The number of hydrogen-bond donors (Lipinski definition) is 1. The van der Waals surface area contributed by atoms with Crippen molar-refractivity contribution in [3.63, 3.8) is 0 Å². The summed E-state index contributed by atoms with van der Waals surface area (Å²) in [4.78, 5) is 12.1. The molecule has 0 aromatic heterocycles. The summed E-state index contributed by atoms with van der Waals surface area (Å²) in [6.45, 7) is 0.813. The van der Waals surface area contributed by atoms with Gasteiger partial charge < -0.3 is 28.4 Å². The van der Waals surface area contributed by atoms with Crippen LogP contribution in [0.1, 0.15) is 11.1 Å². The number of nitrogens with zero attached hydrogens (tertiary/aromatic N) is 2. The highest BCUT2D eigenvalue weighted by Gasteiger charge is 2.22. The fraction of sp³-hybridized carbons (Fsp3) is 0.348. The zero-order chi connectivity index (χ0) is 23.8. The van der Waals surface area contributed by atoms with Gasteiger partial charge in [-0.15, -0.1) is 0 Å². The first kappa shape index (κ1) is 23.9. The quantitative estimate of drug-likeness (QED) is 0.531. The lowest BCUT2D eigenvalue weighted by atomic mass is 9.99. The van der Waals surface area contributed by atoms with Gasteiger partial charge in [0, 0.05) is 18.2 Å². The fourth-order valence-electron chi connectivity index (χ4n) is 3.35. The molecule has 33 heavy (non-hydrogen) atoms. The van der Waals surface area contributed by atoms with E-state index in [-0.39, 0.29) is 6.61 Å². The summed E-state index contributed by atoms with van der Waals surface area (Å²) in [5, 5.41) is 11.3. The molecule has 0 atom stereocenters. The SMILES string of the molecule is COCCOC(=O)Nc1cc(C2=C(c3cc(OC)c(OC)c(OC)c3)N=NC2)ccc1OC. The van der Waals surface area contributed by atoms with Gasteiger partial charge in [-0.25, -0.2) is 4.79 Å². The van der Waals surface area contributed by atoms with Gasteiger partial charge in [0.2, 0.25) is 5.75 Å². The lowest BCUT2D eigenvalue weighted by Gasteiger charge is -2.15. The van der Waals surface area contributed by atoms with Crippen molar-refractivity contribution in [3.05, 3.63) is 41.5 Å². The second-order valence-electron chi connectivity index (χ2n) is 6.81. The van der Waals surface area contributed by atoms with Gasteiger partial charge in [0.05, 0.1) is 53.0 Å². The Labute approximate surface area is 192 Å². The summed E-state index contributed by atoms with van der Waals surface area (Å²) in [6.07, 6.45) is -0.609. The number of hydrogen-bond acceptors (Lipinski definition) is 9. The summed E-state index contributed by atoms with van der Waals surface area (Å²) in [7, 11) is 7.72. The molecule has 2 aromatic rings. The molecule has 0 saturated carbocycles. The monoisotopic (exact) mass is 457 g/mol. The number of carbonyl (C=O) groups excluding carboxylic acids is 1. The molecule has 0 spiro atoms. The topological polar surface area (TPSA) is 109 Å². The Bertz CT molecular complexity index is 1040. The molecular weight excluding hydrogens is 430 g/mol. The van der Waals surface area contributed by atoms with Crippen molar-refractivity contribution < 1.29 is 33.2 Å². The number of methoxy groups -OCH3 is 5. The second kappa shape index (κ2) is 11.2. The minimum atomic E-state index is -0.609. The Morgan fingerprint density at radius 2 is 1.58 bits per heavy atom. The predicted molar refractivity (Wildman–Crippen MR) is 122 cm³/mol. The molecule has 2 aromatic carbocycles. The first-order chi connectivity index (χ1) is 16.1. The van der Waals surface area contributed by atoms with Gasteiger partial charge in [-0.05, 0) is 29.8 Å². The van der Waals surface area contributed by atoms with E-state index in [2.05, 4.69) is 15.5 Å². The van der Waals surface area contributed by atoms with Crippen LogP contribution < -0.4 is 24.3 Å². The minimum absolute atomic E-state index is 0.137. The highest BCUT2D eigenvalue weighted by molar-refractivity contribution is 5.95. The number of benzene rings is 2. The standard InChI is InChI=1S/C23H27N3O7/c1-28-8-9-33-23(27)25-17-10-14(6-7-18(17)29-2)16-13-24-26-21(16)15-11-19(30-3)22(32-5)20(12-15)31-4/h6-7,10-12H,8-9,13H2,1-5H3,(H,25,27). The van der Waals surface area contributed by atoms with Crippen LogP contribution in [0.25, 0.3) is 11.3 Å². The zero-order valence-corrected chi connectivity index (χ0v) is 19.3. The number of azo groups is 1. The molecule has 1 amide bonds. The van der Waals surface area contributed by atoms with Gasteiger partial charge in [0.25, 0.3) is 0 Å². The largest absolute Gasteiger partial charge is 0.495 e. The minimum Gasteiger partial charge on any atom is -0.495 e. The Balaban J connectivity index is 1.99. The molecule has 3 rings (SSSR count). The number of carbonyl (C=O) groups is 1. The third-order valence-corrected chi connectivity index (χ3v) is 4.93. The van der Waals surface area contributed by atoms with Crippen molar-refractivity contribution in [1.29, 1.82) is 0 Å². The van der Waals surface area contributed by atoms with Gasteiger partial charge in [-0.2, -0.15) is 10.2 Å². The van der Waals surface area contributed by atoms with Crippen molar-refractivity contribution in [2.24, 2.45) is 10.2 Å². The van der Waals surface area contributed by atoms with Crippen LogP contribution in [-0.4, -0.2) is 61.4 Å². The van der Waals surface area contributed by atoms with Crippen LogP contribution in [-0.2, 0) is 9.47 Å². The Morgan fingerprint density at radius 1 is 0.879 bits per heavy atom. The van der Waals surface area contributed by atoms with E-state index < -0.39 is 6.09 Å². The van der Waals surface area contributed by atoms with Crippen LogP contribution in [0.4, 0.5) is 10.5 Å². The molecule has 1 heterocycles. The van der Waals surface area contributed by atoms with Crippen molar-refractivity contribution in [2.75, 3.05) is 60.6 Å². The zero-order valence-electron chi connectivity index (χ0n) is 19.3. The predicted octanol–water partition coefficient (Wildman–Crippen LogP) is 4.25. The smallest absolute Gasteiger partial charge is 0.411 e. The van der Waals surface area contributed by atoms with Gasteiger partial charge in [0.1, 0.15) is 12.4 Å². The molecule has 0 saturated heterocycles. The highest BCUT2D eigenvalue weighted by Crippen LogP contribution is 2.43. The van der Waals surface area contributed by atoms with Gasteiger partial charge >= 0.3 is 6.09 Å². The van der Waals surface area contributed by atoms with Gasteiger partial charge in [0.15, 0.2) is 11.5 Å². The summed E-state index contributed by atoms with van der Waals surface area (Å²) in [6, 6.07) is 9.07. The number of anilines is 1. The maximum atomic E-state index is 12.1. The Kier molecular flexibility index (Phi) is 8.09. The van der Waals surface area contributed by atoms with Gasteiger partial charge in [-0.1, -0.05) is 6.07 Å². The van der Waals surface area contributed by atoms with Crippen molar-refractivity contribution in [1.82, 2.24) is 0 Å². The van der Waals surface area contributed by atoms with E-state index in [9.17, 15) is 4.79 Å². The van der Waals surface area contributed by atoms with E-state index >= 15 is 0 Å². The lowest BCUT2D eigenvalue weighted by Crippen LogP contribution is -2.17. The maximum Gasteiger partial charge on any atom is 0.411 e. The van der Waals surface area contributed by atoms with Crippen molar-refractivity contribution >= 4 is 23.1 Å². The summed E-state index contributed by atoms with van der Waals surface area (Å²) < 4.78 is 31.7. The first-order valence-electron chi connectivity index (χ1n) is 10.1. The molecule has 10 heteroatoms. The molecule has 10 nitrogen and oxygen atoms in total. The van der Waals surface area contributed by atoms with Crippen molar-refractivity contribution in [2.45, 2.75) is 0 Å². The van der Waals surface area contributed by atoms with Crippen LogP contribution >= 0.6 is 0 Å². The Morgan fingerprint density at radius 3 is 2.18 bits per heavy atom. The van der Waals surface area contributed by atoms with E-state index in [1.807, 2.05) is 18.2 Å². The van der Waals surface area contributed by atoms with Gasteiger partial charge in [-0.3, -0.25) is 5.32 Å². The molecule has 1 aliphatic rings. The van der Waals surface area contributed by atoms with Crippen LogP contribution in [0, 0.1) is 0 Å². The lowest BCUT2D eigenvalue weighted by molar-refractivity contribution is 0.107. The molecule has 0 aliphatic carbocycles. The number of amides is 1. The van der Waals surface area contributed by atoms with E-state index in [1.54, 1.807) is 33.5 Å². The molecule has 1 aliphatic heterocycles. The number of nitrogens with one attached hydrogen (secondary N) is 1. The maximum absolute atomic E-state index is 12.1. The molecule has 0 bridgehead atoms. The average Bonchev–Trinajstić information content (AvgIpc) is 3.33. The van der Waals surface area contributed by atoms with Crippen LogP contribution in [0.15, 0.2) is 40.6 Å². The van der Waals surface area contributed by atoms with Crippen molar-refractivity contribution in [3.8, 4) is 23.0 Å². The molecule has 0 unspecified atom stereocenters. The third-order valence-electron chi connectivity index (χ3n) is 4.93. The second-order valence-corrected chi connectivity index (χ2v) is 6.81. The molecular formula is C23H27N3O7. The number of ether oxygens (including phenoxy) is 6. The number of rotatable bonds is 10. The average molecular weight is 457 g/mol. The molecule has 1 N–H and O–H groups in total. The van der Waals surface area contributed by atoms with E-state index in [0.29, 0.717) is 47.5 Å². The summed E-state index contributed by atoms with van der Waals surface area (Å²) >= 11 is 0. The normalized spacial score (nSPS) is 12.5. The molecule has 0 radical (unpaired) electrons. The fourth-order valence-corrected chi connectivity index (χ4v) is 3.35. The first-order valence-corrected chi connectivity index (χ1v) is 10.1. The highest BCUT2D eigenvalue weighted by atomic mass is 16.6. The Hall–Kier alpha value is -3.79. The summed E-state index contributed by atoms with van der Waals surface area (Å²) in [5.41, 5.74) is 3.55. The van der Waals surface area contributed by atoms with Crippen LogP contribution in [0.3, 0.4) is 0 Å². The van der Waals surface area contributed by atoms with Crippen LogP contribution in [0.2, 0.25) is 0 Å². The summed E-state index contributed by atoms with van der Waals surface area (Å²) in [5.74, 6) is 2.00. The van der Waals surface area contributed by atoms with E-state index in [1.165, 1.54) is 14.2 Å². The van der Waals surface area contributed by atoms with E-state index in [4.69, 9.17) is 28.4 Å². The third kappa shape index (κ3) is 5.35. The molecule has 176 valence electrons. The molecule has 0 fully saturated rings. The van der Waals surface area contributed by atoms with Crippen LogP contribution in [0.5, 0.6) is 23.0 Å².